The van der Waals surface area contributed by atoms with Crippen molar-refractivity contribution in [3.63, 3.8) is 0 Å². The van der Waals surface area contributed by atoms with Gasteiger partial charge >= 0.3 is 12.6 Å². The molecule has 0 aliphatic rings. The lowest BCUT2D eigenvalue weighted by Gasteiger charge is -2.10. The number of amides is 2. The van der Waals surface area contributed by atoms with Crippen molar-refractivity contribution in [3.8, 4) is 5.75 Å². The minimum Gasteiger partial charge on any atom is -0.452 e. The summed E-state index contributed by atoms with van der Waals surface area (Å²) >= 11 is 0. The SMILES string of the molecule is O=C(COC(=O)c1ccccc1OC(F)F)NC(=O)c1ccccc1. The Morgan fingerprint density at radius 1 is 0.960 bits per heavy atom. The van der Waals surface area contributed by atoms with Crippen LogP contribution in [0, 0.1) is 0 Å². The largest absolute Gasteiger partial charge is 0.452 e. The summed E-state index contributed by atoms with van der Waals surface area (Å²) in [5.74, 6) is -2.90. The fourth-order valence-electron chi connectivity index (χ4n) is 1.87. The molecule has 2 rings (SSSR count). The van der Waals surface area contributed by atoms with E-state index in [2.05, 4.69) is 4.74 Å². The fraction of sp³-hybridized carbons (Fsp3) is 0.118. The number of halogens is 2. The van der Waals surface area contributed by atoms with Crippen LogP contribution in [0.2, 0.25) is 0 Å². The molecule has 0 spiro atoms. The van der Waals surface area contributed by atoms with E-state index in [1.165, 1.54) is 36.4 Å². The molecule has 25 heavy (non-hydrogen) atoms. The molecule has 0 bridgehead atoms. The maximum atomic E-state index is 12.3. The van der Waals surface area contributed by atoms with E-state index in [0.29, 0.717) is 0 Å². The Labute approximate surface area is 141 Å². The van der Waals surface area contributed by atoms with Gasteiger partial charge in [-0.2, -0.15) is 8.78 Å². The minimum absolute atomic E-state index is 0.259. The van der Waals surface area contributed by atoms with Crippen molar-refractivity contribution in [2.24, 2.45) is 0 Å². The molecule has 0 saturated carbocycles. The zero-order valence-corrected chi connectivity index (χ0v) is 12.8. The molecule has 8 heteroatoms. The number of carbonyl (C=O) groups is 3. The molecule has 1 N–H and O–H groups in total. The van der Waals surface area contributed by atoms with Crippen molar-refractivity contribution in [1.29, 1.82) is 0 Å². The Morgan fingerprint density at radius 3 is 2.28 bits per heavy atom. The number of para-hydroxylation sites is 1. The first-order valence-electron chi connectivity index (χ1n) is 7.07. The van der Waals surface area contributed by atoms with Crippen LogP contribution in [0.1, 0.15) is 20.7 Å². The molecule has 0 aliphatic heterocycles. The molecule has 2 amide bonds. The van der Waals surface area contributed by atoms with Gasteiger partial charge in [-0.15, -0.1) is 0 Å². The minimum atomic E-state index is -3.11. The fourth-order valence-corrected chi connectivity index (χ4v) is 1.87. The van der Waals surface area contributed by atoms with E-state index in [0.717, 1.165) is 0 Å². The topological polar surface area (TPSA) is 81.7 Å². The van der Waals surface area contributed by atoms with Crippen molar-refractivity contribution in [1.82, 2.24) is 5.32 Å². The predicted octanol–water partition coefficient (Wildman–Crippen LogP) is 2.40. The quantitative estimate of drug-likeness (QED) is 0.810. The molecule has 0 fully saturated rings. The Bertz CT molecular complexity index is 765. The molecular weight excluding hydrogens is 336 g/mol. The number of imide groups is 1. The van der Waals surface area contributed by atoms with Crippen LogP contribution in [-0.2, 0) is 9.53 Å². The van der Waals surface area contributed by atoms with Gasteiger partial charge in [-0.3, -0.25) is 14.9 Å². The number of alkyl halides is 2. The van der Waals surface area contributed by atoms with Gasteiger partial charge < -0.3 is 9.47 Å². The van der Waals surface area contributed by atoms with Gasteiger partial charge in [0, 0.05) is 5.56 Å². The molecule has 2 aromatic rings. The lowest BCUT2D eigenvalue weighted by molar-refractivity contribution is -0.123. The average molecular weight is 349 g/mol. The highest BCUT2D eigenvalue weighted by molar-refractivity contribution is 6.05. The van der Waals surface area contributed by atoms with Gasteiger partial charge in [0.15, 0.2) is 6.61 Å². The first-order valence-corrected chi connectivity index (χ1v) is 7.07. The van der Waals surface area contributed by atoms with Gasteiger partial charge in [0.1, 0.15) is 11.3 Å². The normalized spacial score (nSPS) is 10.2. The van der Waals surface area contributed by atoms with E-state index in [1.54, 1.807) is 18.2 Å². The molecule has 0 heterocycles. The van der Waals surface area contributed by atoms with Crippen molar-refractivity contribution < 1.29 is 32.6 Å². The standard InChI is InChI=1S/C17H13F2NO5/c18-17(19)25-13-9-5-4-8-12(13)16(23)24-10-14(21)20-15(22)11-6-2-1-3-7-11/h1-9,17H,10H2,(H,20,21,22). The summed E-state index contributed by atoms with van der Waals surface area (Å²) in [6.07, 6.45) is 0. The molecule has 0 atom stereocenters. The molecule has 2 aromatic carbocycles. The molecule has 0 radical (unpaired) electrons. The third-order valence-corrected chi connectivity index (χ3v) is 2.95. The number of ether oxygens (including phenoxy) is 2. The zero-order valence-electron chi connectivity index (χ0n) is 12.8. The lowest BCUT2D eigenvalue weighted by Crippen LogP contribution is -2.34. The first-order chi connectivity index (χ1) is 12.0. The Balaban J connectivity index is 1.92. The second-order valence-corrected chi connectivity index (χ2v) is 4.69. The van der Waals surface area contributed by atoms with Gasteiger partial charge in [0.2, 0.25) is 0 Å². The van der Waals surface area contributed by atoms with Crippen LogP contribution in [0.3, 0.4) is 0 Å². The number of nitrogens with one attached hydrogen (secondary N) is 1. The van der Waals surface area contributed by atoms with Crippen LogP contribution in [0.5, 0.6) is 5.75 Å². The number of hydrogen-bond donors (Lipinski definition) is 1. The molecule has 0 aliphatic carbocycles. The van der Waals surface area contributed by atoms with E-state index in [4.69, 9.17) is 4.74 Å². The number of benzene rings is 2. The van der Waals surface area contributed by atoms with E-state index in [1.807, 2.05) is 5.32 Å². The van der Waals surface area contributed by atoms with Gasteiger partial charge in [0.05, 0.1) is 0 Å². The highest BCUT2D eigenvalue weighted by atomic mass is 19.3. The molecule has 0 aromatic heterocycles. The number of carbonyl (C=O) groups excluding carboxylic acids is 3. The monoisotopic (exact) mass is 349 g/mol. The number of rotatable bonds is 6. The summed E-state index contributed by atoms with van der Waals surface area (Å²) in [4.78, 5) is 35.3. The third-order valence-electron chi connectivity index (χ3n) is 2.95. The second kappa shape index (κ2) is 8.53. The number of esters is 1. The first kappa shape index (κ1) is 18.1. The predicted molar refractivity (Wildman–Crippen MR) is 82.3 cm³/mol. The lowest BCUT2D eigenvalue weighted by atomic mass is 10.2. The van der Waals surface area contributed by atoms with Crippen molar-refractivity contribution in [2.45, 2.75) is 6.61 Å². The van der Waals surface area contributed by atoms with Gasteiger partial charge in [-0.1, -0.05) is 30.3 Å². The van der Waals surface area contributed by atoms with E-state index in [9.17, 15) is 23.2 Å². The smallest absolute Gasteiger partial charge is 0.387 e. The van der Waals surface area contributed by atoms with E-state index < -0.39 is 31.0 Å². The van der Waals surface area contributed by atoms with Crippen molar-refractivity contribution in [2.75, 3.05) is 6.61 Å². The van der Waals surface area contributed by atoms with Gasteiger partial charge in [0.25, 0.3) is 11.8 Å². The van der Waals surface area contributed by atoms with Gasteiger partial charge in [-0.05, 0) is 24.3 Å². The molecular formula is C17H13F2NO5. The highest BCUT2D eigenvalue weighted by Gasteiger charge is 2.18. The molecule has 130 valence electrons. The van der Waals surface area contributed by atoms with E-state index >= 15 is 0 Å². The Hall–Kier alpha value is -3.29. The summed E-state index contributed by atoms with van der Waals surface area (Å²) < 4.78 is 33.5. The molecule has 0 saturated heterocycles. The van der Waals surface area contributed by atoms with Crippen LogP contribution in [0.4, 0.5) is 8.78 Å². The average Bonchev–Trinajstić information content (AvgIpc) is 2.60. The maximum Gasteiger partial charge on any atom is 0.387 e. The van der Waals surface area contributed by atoms with Crippen LogP contribution in [-0.4, -0.2) is 31.0 Å². The highest BCUT2D eigenvalue weighted by Crippen LogP contribution is 2.21. The Kier molecular flexibility index (Phi) is 6.16. The van der Waals surface area contributed by atoms with Gasteiger partial charge in [-0.25, -0.2) is 4.79 Å². The summed E-state index contributed by atoms with van der Waals surface area (Å²) in [7, 11) is 0. The van der Waals surface area contributed by atoms with Crippen LogP contribution in [0.15, 0.2) is 54.6 Å². The molecule has 6 nitrogen and oxygen atoms in total. The summed E-state index contributed by atoms with van der Waals surface area (Å²) in [6, 6.07) is 13.2. The van der Waals surface area contributed by atoms with Crippen molar-refractivity contribution in [3.05, 3.63) is 65.7 Å². The summed E-state index contributed by atoms with van der Waals surface area (Å²) in [6.45, 7) is -3.86. The second-order valence-electron chi connectivity index (χ2n) is 4.69. The Morgan fingerprint density at radius 2 is 1.60 bits per heavy atom. The maximum absolute atomic E-state index is 12.3. The van der Waals surface area contributed by atoms with Crippen LogP contribution < -0.4 is 10.1 Å². The van der Waals surface area contributed by atoms with E-state index in [-0.39, 0.29) is 16.9 Å². The zero-order chi connectivity index (χ0) is 18.2. The molecule has 0 unspecified atom stereocenters. The summed E-state index contributed by atoms with van der Waals surface area (Å²) in [5.41, 5.74) is 0.00263. The number of hydrogen-bond acceptors (Lipinski definition) is 5. The van der Waals surface area contributed by atoms with Crippen LogP contribution >= 0.6 is 0 Å². The third kappa shape index (κ3) is 5.38. The van der Waals surface area contributed by atoms with Crippen molar-refractivity contribution >= 4 is 17.8 Å². The van der Waals surface area contributed by atoms with Crippen LogP contribution in [0.25, 0.3) is 0 Å². The summed E-state index contributed by atoms with van der Waals surface area (Å²) in [5, 5.41) is 2.04.